The number of halogens is 7. The third kappa shape index (κ3) is 4.43. The molecule has 6 unspecified atom stereocenters. The molecule has 176 valence electrons. The number of alkyl halides is 7. The van der Waals surface area contributed by atoms with E-state index >= 15 is 8.78 Å². The molecule has 0 bridgehead atoms. The van der Waals surface area contributed by atoms with Gasteiger partial charge in [-0.1, -0.05) is 0 Å². The topological polar surface area (TPSA) is 34.2 Å². The molecule has 0 aromatic rings. The van der Waals surface area contributed by atoms with E-state index in [1.54, 1.807) is 0 Å². The van der Waals surface area contributed by atoms with Gasteiger partial charge in [0, 0.05) is 26.2 Å². The largest absolute Gasteiger partial charge is 0.429 e. The van der Waals surface area contributed by atoms with Crippen LogP contribution < -0.4 is 0 Å². The van der Waals surface area contributed by atoms with Gasteiger partial charge in [0.05, 0.1) is 32.5 Å². The minimum atomic E-state index is -5.60. The summed E-state index contributed by atoms with van der Waals surface area (Å²) in [7, 11) is 0. The second-order valence-electron chi connectivity index (χ2n) is 8.08. The molecule has 3 rings (SSSR count). The maximum absolute atomic E-state index is 15.3. The Morgan fingerprint density at radius 2 is 1.17 bits per heavy atom. The Bertz CT molecular complexity index is 570. The summed E-state index contributed by atoms with van der Waals surface area (Å²) >= 11 is 0. The average Bonchev–Trinajstić information content (AvgIpc) is 3.24. The normalized spacial score (nSPS) is 33.6. The zero-order valence-corrected chi connectivity index (χ0v) is 16.6. The van der Waals surface area contributed by atoms with Gasteiger partial charge in [0.2, 0.25) is 0 Å². The molecule has 0 aromatic heterocycles. The molecule has 0 N–H and O–H groups in total. The Hall–Kier alpha value is -0.690. The molecule has 0 spiro atoms. The molecule has 5 nitrogen and oxygen atoms in total. The summed E-state index contributed by atoms with van der Waals surface area (Å²) in [5.41, 5.74) is -7.08. The standard InChI is InChI=1S/C18H27F7N2O3/c1-16(21,14(19)26-4-8-28-9-5-26)12-2-3-13(30-12)17(22,18(23,24)25)15(20)27-6-10-29-11-7-27/h12-15H,2-11H2,1H3. The second-order valence-corrected chi connectivity index (χ2v) is 8.08. The van der Waals surface area contributed by atoms with Crippen LogP contribution in [-0.4, -0.2) is 105 Å². The molecule has 3 fully saturated rings. The summed E-state index contributed by atoms with van der Waals surface area (Å²) in [6.45, 7) is 0.967. The van der Waals surface area contributed by atoms with Gasteiger partial charge in [0.15, 0.2) is 18.3 Å². The Labute approximate surface area is 170 Å². The van der Waals surface area contributed by atoms with E-state index in [4.69, 9.17) is 14.2 Å². The van der Waals surface area contributed by atoms with Crippen LogP contribution in [0.25, 0.3) is 0 Å². The first kappa shape index (κ1) is 24.0. The zero-order chi connectivity index (χ0) is 22.2. The Morgan fingerprint density at radius 3 is 1.63 bits per heavy atom. The first-order valence-electron chi connectivity index (χ1n) is 10.0. The van der Waals surface area contributed by atoms with Crippen LogP contribution in [0.2, 0.25) is 0 Å². The molecule has 3 saturated heterocycles. The van der Waals surface area contributed by atoms with Gasteiger partial charge in [-0.25, -0.2) is 17.6 Å². The first-order chi connectivity index (χ1) is 14.0. The van der Waals surface area contributed by atoms with Gasteiger partial charge < -0.3 is 14.2 Å². The molecule has 6 atom stereocenters. The SMILES string of the molecule is CC(F)(C1CCC(C(F)(C(F)N2CCOCC2)C(F)(F)F)O1)C(F)N1CCOCC1. The lowest BCUT2D eigenvalue weighted by Crippen LogP contribution is -2.64. The Morgan fingerprint density at radius 1 is 0.733 bits per heavy atom. The van der Waals surface area contributed by atoms with Crippen molar-refractivity contribution < 1.29 is 44.9 Å². The number of morpholine rings is 2. The predicted molar refractivity (Wildman–Crippen MR) is 91.9 cm³/mol. The molecule has 0 aromatic carbocycles. The zero-order valence-electron chi connectivity index (χ0n) is 16.6. The first-order valence-corrected chi connectivity index (χ1v) is 10.0. The third-order valence-corrected chi connectivity index (χ3v) is 6.10. The second kappa shape index (κ2) is 9.05. The summed E-state index contributed by atoms with van der Waals surface area (Å²) in [5, 5.41) is 0. The van der Waals surface area contributed by atoms with Crippen LogP contribution in [0.3, 0.4) is 0 Å². The smallest absolute Gasteiger partial charge is 0.379 e. The van der Waals surface area contributed by atoms with E-state index in [0.717, 1.165) is 6.92 Å². The minimum Gasteiger partial charge on any atom is -0.379 e. The molecular formula is C18H27F7N2O3. The predicted octanol–water partition coefficient (Wildman–Crippen LogP) is 2.79. The highest BCUT2D eigenvalue weighted by Gasteiger charge is 2.70. The van der Waals surface area contributed by atoms with Crippen molar-refractivity contribution in [1.29, 1.82) is 0 Å². The highest BCUT2D eigenvalue weighted by molar-refractivity contribution is 5.06. The quantitative estimate of drug-likeness (QED) is 0.458. The van der Waals surface area contributed by atoms with Crippen molar-refractivity contribution in [3.63, 3.8) is 0 Å². The molecule has 30 heavy (non-hydrogen) atoms. The molecule has 0 saturated carbocycles. The van der Waals surface area contributed by atoms with Gasteiger partial charge in [0.1, 0.15) is 6.10 Å². The van der Waals surface area contributed by atoms with Crippen molar-refractivity contribution >= 4 is 0 Å². The summed E-state index contributed by atoms with van der Waals surface area (Å²) in [6, 6.07) is 0. The van der Waals surface area contributed by atoms with E-state index in [1.165, 1.54) is 4.90 Å². The lowest BCUT2D eigenvalue weighted by Gasteiger charge is -2.42. The highest BCUT2D eigenvalue weighted by Crippen LogP contribution is 2.49. The fourth-order valence-electron chi connectivity index (χ4n) is 4.22. The molecular weight excluding hydrogens is 425 g/mol. The van der Waals surface area contributed by atoms with Crippen molar-refractivity contribution in [3.05, 3.63) is 0 Å². The number of hydrogen-bond acceptors (Lipinski definition) is 5. The van der Waals surface area contributed by atoms with Crippen LogP contribution in [0.15, 0.2) is 0 Å². The third-order valence-electron chi connectivity index (χ3n) is 6.10. The molecule has 0 aliphatic carbocycles. The van der Waals surface area contributed by atoms with Crippen molar-refractivity contribution in [2.24, 2.45) is 0 Å². The molecule has 3 aliphatic heterocycles. The monoisotopic (exact) mass is 452 g/mol. The van der Waals surface area contributed by atoms with E-state index in [0.29, 0.717) is 4.90 Å². The van der Waals surface area contributed by atoms with Crippen LogP contribution in [-0.2, 0) is 14.2 Å². The minimum absolute atomic E-state index is 0.0336. The van der Waals surface area contributed by atoms with E-state index in [-0.39, 0.29) is 59.0 Å². The van der Waals surface area contributed by atoms with E-state index < -0.39 is 48.7 Å². The number of hydrogen-bond donors (Lipinski definition) is 0. The summed E-state index contributed by atoms with van der Waals surface area (Å²) in [6.07, 6.45) is -15.7. The van der Waals surface area contributed by atoms with Gasteiger partial charge in [-0.05, 0) is 19.8 Å². The summed E-state index contributed by atoms with van der Waals surface area (Å²) < 4.78 is 117. The Kier molecular flexibility index (Phi) is 7.23. The molecule has 3 aliphatic rings. The summed E-state index contributed by atoms with van der Waals surface area (Å²) in [5.74, 6) is 0. The van der Waals surface area contributed by atoms with Gasteiger partial charge in [-0.15, -0.1) is 0 Å². The Balaban J connectivity index is 1.75. The number of rotatable bonds is 6. The van der Waals surface area contributed by atoms with Gasteiger partial charge in [0.25, 0.3) is 5.67 Å². The maximum Gasteiger partial charge on any atom is 0.429 e. The van der Waals surface area contributed by atoms with Gasteiger partial charge >= 0.3 is 6.18 Å². The van der Waals surface area contributed by atoms with Crippen molar-refractivity contribution in [2.75, 3.05) is 52.6 Å². The average molecular weight is 452 g/mol. The van der Waals surface area contributed by atoms with Crippen molar-refractivity contribution in [1.82, 2.24) is 9.80 Å². The molecule has 3 heterocycles. The number of ether oxygens (including phenoxy) is 3. The lowest BCUT2D eigenvalue weighted by molar-refractivity contribution is -0.306. The van der Waals surface area contributed by atoms with E-state index in [9.17, 15) is 22.0 Å². The molecule has 0 amide bonds. The van der Waals surface area contributed by atoms with Crippen LogP contribution >= 0.6 is 0 Å². The van der Waals surface area contributed by atoms with Crippen LogP contribution in [0.4, 0.5) is 30.7 Å². The highest BCUT2D eigenvalue weighted by atomic mass is 19.4. The van der Waals surface area contributed by atoms with Crippen molar-refractivity contribution in [2.45, 2.75) is 62.1 Å². The van der Waals surface area contributed by atoms with Gasteiger partial charge in [-0.2, -0.15) is 13.2 Å². The fourth-order valence-corrected chi connectivity index (χ4v) is 4.22. The van der Waals surface area contributed by atoms with Crippen LogP contribution in [0, 0.1) is 0 Å². The number of nitrogens with zero attached hydrogens (tertiary/aromatic N) is 2. The van der Waals surface area contributed by atoms with E-state index in [2.05, 4.69) is 0 Å². The fraction of sp³-hybridized carbons (Fsp3) is 1.00. The van der Waals surface area contributed by atoms with Gasteiger partial charge in [-0.3, -0.25) is 9.80 Å². The molecule has 12 heteroatoms. The lowest BCUT2D eigenvalue weighted by atomic mass is 9.91. The van der Waals surface area contributed by atoms with Crippen molar-refractivity contribution in [3.8, 4) is 0 Å². The van der Waals surface area contributed by atoms with E-state index in [1.807, 2.05) is 0 Å². The molecule has 0 radical (unpaired) electrons. The summed E-state index contributed by atoms with van der Waals surface area (Å²) in [4.78, 5) is 1.87. The maximum atomic E-state index is 15.3. The van der Waals surface area contributed by atoms with Crippen LogP contribution in [0.1, 0.15) is 19.8 Å². The van der Waals surface area contributed by atoms with Crippen LogP contribution in [0.5, 0.6) is 0 Å².